The van der Waals surface area contributed by atoms with Gasteiger partial charge in [-0.05, 0) is 50.1 Å². The van der Waals surface area contributed by atoms with Crippen molar-refractivity contribution >= 4 is 29.0 Å². The largest absolute Gasteiger partial charge is 0.469 e. The predicted molar refractivity (Wildman–Crippen MR) is 104 cm³/mol. The third-order valence-corrected chi connectivity index (χ3v) is 5.26. The number of hydrogen-bond acceptors (Lipinski definition) is 7. The van der Waals surface area contributed by atoms with E-state index in [1.165, 1.54) is 30.3 Å². The fourth-order valence-electron chi connectivity index (χ4n) is 3.04. The Kier molecular flexibility index (Phi) is 5.15. The highest BCUT2D eigenvalue weighted by molar-refractivity contribution is 7.99. The fraction of sp³-hybridized carbons (Fsp3) is 0.316. The third-order valence-electron chi connectivity index (χ3n) is 4.44. The summed E-state index contributed by atoms with van der Waals surface area (Å²) in [7, 11) is 0. The SMILES string of the molecule is Cc1occc1-c1nnc(SCC(=O)Nc2ccc(N3CCCC3)cc2)o1. The molecule has 0 aliphatic carbocycles. The molecule has 0 atom stereocenters. The molecule has 3 heterocycles. The van der Waals surface area contributed by atoms with Crippen molar-refractivity contribution in [1.29, 1.82) is 0 Å². The average molecular weight is 384 g/mol. The molecule has 1 aromatic carbocycles. The molecule has 27 heavy (non-hydrogen) atoms. The first-order chi connectivity index (χ1) is 13.2. The lowest BCUT2D eigenvalue weighted by Gasteiger charge is -2.17. The summed E-state index contributed by atoms with van der Waals surface area (Å²) >= 11 is 1.20. The van der Waals surface area contributed by atoms with E-state index in [-0.39, 0.29) is 11.7 Å². The fourth-order valence-corrected chi connectivity index (χ4v) is 3.60. The Hall–Kier alpha value is -2.74. The molecular weight excluding hydrogens is 364 g/mol. The van der Waals surface area contributed by atoms with Gasteiger partial charge in [-0.15, -0.1) is 10.2 Å². The molecule has 0 unspecified atom stereocenters. The van der Waals surface area contributed by atoms with Crippen molar-refractivity contribution in [3.63, 3.8) is 0 Å². The van der Waals surface area contributed by atoms with Crippen LogP contribution in [-0.4, -0.2) is 34.9 Å². The molecule has 0 saturated carbocycles. The molecule has 3 aromatic rings. The van der Waals surface area contributed by atoms with E-state index in [2.05, 4.69) is 20.4 Å². The van der Waals surface area contributed by atoms with E-state index < -0.39 is 0 Å². The van der Waals surface area contributed by atoms with Gasteiger partial charge in [0.15, 0.2) is 0 Å². The first-order valence-corrected chi connectivity index (χ1v) is 9.83. The summed E-state index contributed by atoms with van der Waals surface area (Å²) < 4.78 is 10.8. The van der Waals surface area contributed by atoms with Gasteiger partial charge in [-0.3, -0.25) is 4.79 Å². The van der Waals surface area contributed by atoms with Crippen molar-refractivity contribution in [2.24, 2.45) is 0 Å². The van der Waals surface area contributed by atoms with Crippen molar-refractivity contribution in [3.05, 3.63) is 42.4 Å². The number of furan rings is 1. The van der Waals surface area contributed by atoms with E-state index in [4.69, 9.17) is 8.83 Å². The van der Waals surface area contributed by atoms with Crippen molar-refractivity contribution < 1.29 is 13.6 Å². The molecule has 140 valence electrons. The van der Waals surface area contributed by atoms with Crippen LogP contribution in [0.4, 0.5) is 11.4 Å². The number of thioether (sulfide) groups is 1. The number of aromatic nitrogens is 2. The highest BCUT2D eigenvalue weighted by Gasteiger charge is 2.15. The van der Waals surface area contributed by atoms with Crippen molar-refractivity contribution in [2.45, 2.75) is 25.0 Å². The van der Waals surface area contributed by atoms with Crippen LogP contribution in [0.5, 0.6) is 0 Å². The Morgan fingerprint density at radius 3 is 2.67 bits per heavy atom. The summed E-state index contributed by atoms with van der Waals surface area (Å²) in [5, 5.41) is 11.2. The number of hydrogen-bond donors (Lipinski definition) is 1. The molecule has 1 amide bonds. The molecule has 1 aliphatic heterocycles. The van der Waals surface area contributed by atoms with E-state index in [1.807, 2.05) is 31.2 Å². The maximum Gasteiger partial charge on any atom is 0.277 e. The van der Waals surface area contributed by atoms with Gasteiger partial charge in [0.25, 0.3) is 11.1 Å². The van der Waals surface area contributed by atoms with Gasteiger partial charge >= 0.3 is 0 Å². The average Bonchev–Trinajstić information content (AvgIpc) is 3.42. The van der Waals surface area contributed by atoms with Crippen LogP contribution in [0.15, 0.2) is 50.7 Å². The number of benzene rings is 1. The van der Waals surface area contributed by atoms with Crippen molar-refractivity contribution in [3.8, 4) is 11.5 Å². The topological polar surface area (TPSA) is 84.4 Å². The monoisotopic (exact) mass is 384 g/mol. The van der Waals surface area contributed by atoms with Crippen LogP contribution < -0.4 is 10.2 Å². The highest BCUT2D eigenvalue weighted by atomic mass is 32.2. The van der Waals surface area contributed by atoms with Gasteiger partial charge in [0.05, 0.1) is 17.6 Å². The highest BCUT2D eigenvalue weighted by Crippen LogP contribution is 2.26. The lowest BCUT2D eigenvalue weighted by molar-refractivity contribution is -0.113. The predicted octanol–water partition coefficient (Wildman–Crippen LogP) is 3.97. The van der Waals surface area contributed by atoms with E-state index in [0.717, 1.165) is 24.3 Å². The van der Waals surface area contributed by atoms with Crippen LogP contribution in [0, 0.1) is 6.92 Å². The quantitative estimate of drug-likeness (QED) is 0.644. The number of aryl methyl sites for hydroxylation is 1. The lowest BCUT2D eigenvalue weighted by atomic mass is 10.2. The van der Waals surface area contributed by atoms with Gasteiger partial charge in [-0.1, -0.05) is 11.8 Å². The van der Waals surface area contributed by atoms with Crippen LogP contribution >= 0.6 is 11.8 Å². The molecule has 0 bridgehead atoms. The van der Waals surface area contributed by atoms with Gasteiger partial charge in [-0.2, -0.15) is 0 Å². The minimum atomic E-state index is -0.117. The standard InChI is InChI=1S/C19H20N4O3S/c1-13-16(8-11-25-13)18-21-22-19(26-18)27-12-17(24)20-14-4-6-15(7-5-14)23-9-2-3-10-23/h4-8,11H,2-3,9-10,12H2,1H3,(H,20,24). The summed E-state index contributed by atoms with van der Waals surface area (Å²) in [4.78, 5) is 14.5. The van der Waals surface area contributed by atoms with Crippen LogP contribution in [0.2, 0.25) is 0 Å². The van der Waals surface area contributed by atoms with Crippen LogP contribution in [0.3, 0.4) is 0 Å². The van der Waals surface area contributed by atoms with Crippen LogP contribution in [0.25, 0.3) is 11.5 Å². The van der Waals surface area contributed by atoms with Gasteiger partial charge < -0.3 is 19.1 Å². The first kappa shape index (κ1) is 17.7. The second-order valence-corrected chi connectivity index (χ2v) is 7.27. The Morgan fingerprint density at radius 2 is 1.96 bits per heavy atom. The second kappa shape index (κ2) is 7.87. The molecule has 2 aromatic heterocycles. The van der Waals surface area contributed by atoms with Gasteiger partial charge in [-0.25, -0.2) is 0 Å². The molecule has 0 radical (unpaired) electrons. The maximum atomic E-state index is 12.2. The molecule has 4 rings (SSSR count). The number of nitrogens with one attached hydrogen (secondary N) is 1. The number of amides is 1. The molecule has 1 aliphatic rings. The van der Waals surface area contributed by atoms with E-state index >= 15 is 0 Å². The molecular formula is C19H20N4O3S. The van der Waals surface area contributed by atoms with Gasteiger partial charge in [0.1, 0.15) is 5.76 Å². The summed E-state index contributed by atoms with van der Waals surface area (Å²) in [6, 6.07) is 9.73. The first-order valence-electron chi connectivity index (χ1n) is 8.85. The van der Waals surface area contributed by atoms with Crippen molar-refractivity contribution in [1.82, 2.24) is 10.2 Å². The molecule has 8 heteroatoms. The summed E-state index contributed by atoms with van der Waals surface area (Å²) in [5.74, 6) is 1.18. The Balaban J connectivity index is 1.29. The Bertz CT molecular complexity index is 913. The second-order valence-electron chi connectivity index (χ2n) is 6.34. The molecule has 1 saturated heterocycles. The number of anilines is 2. The van der Waals surface area contributed by atoms with E-state index in [9.17, 15) is 4.79 Å². The zero-order valence-corrected chi connectivity index (χ0v) is 15.8. The maximum absolute atomic E-state index is 12.2. The molecule has 7 nitrogen and oxygen atoms in total. The number of nitrogens with zero attached hydrogens (tertiary/aromatic N) is 3. The van der Waals surface area contributed by atoms with Crippen LogP contribution in [0.1, 0.15) is 18.6 Å². The van der Waals surface area contributed by atoms with E-state index in [1.54, 1.807) is 12.3 Å². The number of rotatable bonds is 6. The minimum Gasteiger partial charge on any atom is -0.469 e. The Labute approximate surface area is 161 Å². The molecule has 1 fully saturated rings. The third kappa shape index (κ3) is 4.16. The van der Waals surface area contributed by atoms with E-state index in [0.29, 0.717) is 16.9 Å². The lowest BCUT2D eigenvalue weighted by Crippen LogP contribution is -2.18. The van der Waals surface area contributed by atoms with Crippen LogP contribution in [-0.2, 0) is 4.79 Å². The van der Waals surface area contributed by atoms with Crippen molar-refractivity contribution in [2.75, 3.05) is 29.1 Å². The van der Waals surface area contributed by atoms with Gasteiger partial charge in [0.2, 0.25) is 5.91 Å². The minimum absolute atomic E-state index is 0.117. The number of carbonyl (C=O) groups is 1. The summed E-state index contributed by atoms with van der Waals surface area (Å²) in [5.41, 5.74) is 2.74. The summed E-state index contributed by atoms with van der Waals surface area (Å²) in [6.07, 6.45) is 4.06. The summed E-state index contributed by atoms with van der Waals surface area (Å²) in [6.45, 7) is 4.04. The number of carbonyl (C=O) groups excluding carboxylic acids is 1. The molecule has 1 N–H and O–H groups in total. The zero-order valence-electron chi connectivity index (χ0n) is 15.0. The smallest absolute Gasteiger partial charge is 0.277 e. The molecule has 0 spiro atoms. The zero-order chi connectivity index (χ0) is 18.6. The van der Waals surface area contributed by atoms with Gasteiger partial charge in [0, 0.05) is 24.5 Å². The Morgan fingerprint density at radius 1 is 1.19 bits per heavy atom. The normalized spacial score (nSPS) is 13.9.